The predicted molar refractivity (Wildman–Crippen MR) is 73.5 cm³/mol. The van der Waals surface area contributed by atoms with E-state index < -0.39 is 0 Å². The Labute approximate surface area is 107 Å². The van der Waals surface area contributed by atoms with Gasteiger partial charge in [0.1, 0.15) is 6.33 Å². The van der Waals surface area contributed by atoms with Gasteiger partial charge in [0.25, 0.3) is 0 Å². The van der Waals surface area contributed by atoms with Crippen molar-refractivity contribution in [3.05, 3.63) is 24.5 Å². The lowest BCUT2D eigenvalue weighted by Gasteiger charge is -2.09. The molecule has 0 atom stereocenters. The monoisotopic (exact) mass is 245 g/mol. The molecule has 0 amide bonds. The van der Waals surface area contributed by atoms with Crippen LogP contribution in [0.3, 0.4) is 0 Å². The van der Waals surface area contributed by atoms with Gasteiger partial charge in [0.15, 0.2) is 0 Å². The van der Waals surface area contributed by atoms with Gasteiger partial charge in [-0.3, -0.25) is 0 Å². The lowest BCUT2D eigenvalue weighted by molar-refractivity contribution is 0.290. The van der Waals surface area contributed by atoms with E-state index in [0.29, 0.717) is 24.1 Å². The van der Waals surface area contributed by atoms with Gasteiger partial charge in [-0.1, -0.05) is 13.8 Å². The molecule has 0 bridgehead atoms. The number of hydrogen-bond donors (Lipinski definition) is 1. The molecule has 0 spiro atoms. The van der Waals surface area contributed by atoms with Crippen LogP contribution in [0.4, 0.5) is 5.69 Å². The van der Waals surface area contributed by atoms with Crippen LogP contribution in [0.5, 0.6) is 5.88 Å². The molecule has 1 aromatic heterocycles. The van der Waals surface area contributed by atoms with Crippen molar-refractivity contribution in [3.63, 3.8) is 0 Å². The highest BCUT2D eigenvalue weighted by molar-refractivity contribution is 5.86. The van der Waals surface area contributed by atoms with Gasteiger partial charge in [-0.15, -0.1) is 0 Å². The molecule has 18 heavy (non-hydrogen) atoms. The minimum Gasteiger partial charge on any atom is -0.477 e. The molecule has 4 heteroatoms. The Balaban J connectivity index is 2.10. The SMILES string of the molecule is CC(C)CCCOc1ncnc2ccc(N)cc12. The average Bonchev–Trinajstić information content (AvgIpc) is 2.34. The summed E-state index contributed by atoms with van der Waals surface area (Å²) in [4.78, 5) is 8.37. The summed E-state index contributed by atoms with van der Waals surface area (Å²) in [6, 6.07) is 5.57. The number of fused-ring (bicyclic) bond motifs is 1. The zero-order chi connectivity index (χ0) is 13.0. The fourth-order valence-electron chi connectivity index (χ4n) is 1.83. The van der Waals surface area contributed by atoms with Gasteiger partial charge in [-0.25, -0.2) is 9.97 Å². The van der Waals surface area contributed by atoms with E-state index >= 15 is 0 Å². The summed E-state index contributed by atoms with van der Waals surface area (Å²) in [5.74, 6) is 1.32. The lowest BCUT2D eigenvalue weighted by atomic mass is 10.1. The molecule has 0 fully saturated rings. The average molecular weight is 245 g/mol. The number of ether oxygens (including phenoxy) is 1. The Kier molecular flexibility index (Phi) is 3.97. The quantitative estimate of drug-likeness (QED) is 0.649. The maximum Gasteiger partial charge on any atom is 0.224 e. The van der Waals surface area contributed by atoms with Gasteiger partial charge in [0, 0.05) is 5.69 Å². The highest BCUT2D eigenvalue weighted by Gasteiger charge is 2.05. The molecule has 0 unspecified atom stereocenters. The fraction of sp³-hybridized carbons (Fsp3) is 0.429. The Morgan fingerprint density at radius 3 is 2.89 bits per heavy atom. The Bertz CT molecular complexity index is 525. The number of hydrogen-bond acceptors (Lipinski definition) is 4. The van der Waals surface area contributed by atoms with Crippen LogP contribution in [0.25, 0.3) is 10.9 Å². The number of benzene rings is 1. The van der Waals surface area contributed by atoms with E-state index in [-0.39, 0.29) is 0 Å². The largest absolute Gasteiger partial charge is 0.477 e. The molecule has 2 N–H and O–H groups in total. The number of nitrogens with two attached hydrogens (primary N) is 1. The molecule has 0 aliphatic rings. The first-order valence-corrected chi connectivity index (χ1v) is 6.30. The van der Waals surface area contributed by atoms with Crippen molar-refractivity contribution in [1.29, 1.82) is 0 Å². The summed E-state index contributed by atoms with van der Waals surface area (Å²) >= 11 is 0. The molecule has 0 saturated heterocycles. The van der Waals surface area contributed by atoms with Crippen LogP contribution in [0, 0.1) is 5.92 Å². The topological polar surface area (TPSA) is 61.0 Å². The Morgan fingerprint density at radius 1 is 1.28 bits per heavy atom. The number of anilines is 1. The van der Waals surface area contributed by atoms with Crippen LogP contribution >= 0.6 is 0 Å². The minimum atomic E-state index is 0.621. The molecule has 4 nitrogen and oxygen atoms in total. The van der Waals surface area contributed by atoms with Crippen molar-refractivity contribution in [3.8, 4) is 5.88 Å². The predicted octanol–water partition coefficient (Wildman–Crippen LogP) is 3.03. The first-order valence-electron chi connectivity index (χ1n) is 6.30. The molecule has 1 aromatic carbocycles. The van der Waals surface area contributed by atoms with Crippen molar-refractivity contribution >= 4 is 16.6 Å². The maximum absolute atomic E-state index is 5.78. The molecule has 2 aromatic rings. The minimum absolute atomic E-state index is 0.621. The molecule has 0 aliphatic heterocycles. The van der Waals surface area contributed by atoms with Gasteiger partial charge in [-0.05, 0) is 37.0 Å². The first-order chi connectivity index (χ1) is 8.66. The maximum atomic E-state index is 5.78. The third kappa shape index (κ3) is 3.09. The molecular formula is C14H19N3O. The molecule has 0 radical (unpaired) electrons. The normalized spacial score (nSPS) is 11.1. The van der Waals surface area contributed by atoms with Crippen molar-refractivity contribution in [2.75, 3.05) is 12.3 Å². The van der Waals surface area contributed by atoms with Gasteiger partial charge in [0.2, 0.25) is 5.88 Å². The van der Waals surface area contributed by atoms with Gasteiger partial charge in [-0.2, -0.15) is 0 Å². The van der Waals surface area contributed by atoms with E-state index in [1.165, 1.54) is 6.33 Å². The van der Waals surface area contributed by atoms with E-state index in [1.807, 2.05) is 18.2 Å². The Hall–Kier alpha value is -1.84. The molecule has 0 saturated carbocycles. The second-order valence-corrected chi connectivity index (χ2v) is 4.84. The van der Waals surface area contributed by atoms with E-state index in [9.17, 15) is 0 Å². The molecule has 1 heterocycles. The summed E-state index contributed by atoms with van der Waals surface area (Å²) < 4.78 is 5.72. The second-order valence-electron chi connectivity index (χ2n) is 4.84. The smallest absolute Gasteiger partial charge is 0.224 e. The number of rotatable bonds is 5. The summed E-state index contributed by atoms with van der Waals surface area (Å²) in [5, 5.41) is 0.877. The van der Waals surface area contributed by atoms with Crippen LogP contribution in [-0.2, 0) is 0 Å². The van der Waals surface area contributed by atoms with Crippen LogP contribution in [0.1, 0.15) is 26.7 Å². The van der Waals surface area contributed by atoms with Crippen LogP contribution in [-0.4, -0.2) is 16.6 Å². The Morgan fingerprint density at radius 2 is 2.11 bits per heavy atom. The standard InChI is InChI=1S/C14H19N3O/c1-10(2)4-3-7-18-14-12-8-11(15)5-6-13(12)16-9-17-14/h5-6,8-10H,3-4,7,15H2,1-2H3. The van der Waals surface area contributed by atoms with E-state index in [1.54, 1.807) is 0 Å². The molecule has 2 rings (SSSR count). The molecule has 0 aliphatic carbocycles. The highest BCUT2D eigenvalue weighted by Crippen LogP contribution is 2.23. The molecule has 96 valence electrons. The van der Waals surface area contributed by atoms with Crippen molar-refractivity contribution < 1.29 is 4.74 Å². The zero-order valence-corrected chi connectivity index (χ0v) is 10.9. The number of aromatic nitrogens is 2. The lowest BCUT2D eigenvalue weighted by Crippen LogP contribution is -2.02. The highest BCUT2D eigenvalue weighted by atomic mass is 16.5. The van der Waals surface area contributed by atoms with Crippen molar-refractivity contribution in [2.24, 2.45) is 5.92 Å². The summed E-state index contributed by atoms with van der Waals surface area (Å²) in [7, 11) is 0. The molecular weight excluding hydrogens is 226 g/mol. The van der Waals surface area contributed by atoms with Crippen molar-refractivity contribution in [2.45, 2.75) is 26.7 Å². The summed E-state index contributed by atoms with van der Waals surface area (Å²) in [5.41, 5.74) is 7.33. The zero-order valence-electron chi connectivity index (χ0n) is 10.9. The van der Waals surface area contributed by atoms with Crippen LogP contribution in [0.2, 0.25) is 0 Å². The van der Waals surface area contributed by atoms with Gasteiger partial charge >= 0.3 is 0 Å². The second kappa shape index (κ2) is 5.67. The summed E-state index contributed by atoms with van der Waals surface area (Å²) in [6.07, 6.45) is 3.72. The fourth-order valence-corrected chi connectivity index (χ4v) is 1.83. The van der Waals surface area contributed by atoms with Gasteiger partial charge in [0.05, 0.1) is 17.5 Å². The first kappa shape index (κ1) is 12.6. The van der Waals surface area contributed by atoms with Crippen LogP contribution < -0.4 is 10.5 Å². The van der Waals surface area contributed by atoms with Crippen molar-refractivity contribution in [1.82, 2.24) is 9.97 Å². The third-order valence-corrected chi connectivity index (χ3v) is 2.79. The number of nitrogens with zero attached hydrogens (tertiary/aromatic N) is 2. The summed E-state index contributed by atoms with van der Waals surface area (Å²) in [6.45, 7) is 5.10. The van der Waals surface area contributed by atoms with Gasteiger partial charge < -0.3 is 10.5 Å². The van der Waals surface area contributed by atoms with E-state index in [2.05, 4.69) is 23.8 Å². The number of nitrogen functional groups attached to an aromatic ring is 1. The third-order valence-electron chi connectivity index (χ3n) is 2.79. The van der Waals surface area contributed by atoms with E-state index in [0.717, 1.165) is 23.7 Å². The van der Waals surface area contributed by atoms with E-state index in [4.69, 9.17) is 10.5 Å². The van der Waals surface area contributed by atoms with Crippen LogP contribution in [0.15, 0.2) is 24.5 Å².